The van der Waals surface area contributed by atoms with Crippen molar-refractivity contribution in [3.8, 4) is 11.5 Å². The number of methoxy groups -OCH3 is 2. The number of hydrogen-bond acceptors (Lipinski definition) is 7. The Balaban J connectivity index is 1.98. The first-order valence-electron chi connectivity index (χ1n) is 9.44. The SMILES string of the molecule is CCOC(=O)c1c(COc2ccc(C(=O)OC)cc2OC)nc2ccccc2c1C. The highest BCUT2D eigenvalue weighted by molar-refractivity contribution is 5.98. The van der Waals surface area contributed by atoms with Crippen LogP contribution in [0.25, 0.3) is 10.9 Å². The number of rotatable bonds is 7. The number of carbonyl (C=O) groups excluding carboxylic acids is 2. The number of ether oxygens (including phenoxy) is 4. The van der Waals surface area contributed by atoms with E-state index >= 15 is 0 Å². The van der Waals surface area contributed by atoms with E-state index in [0.717, 1.165) is 16.5 Å². The summed E-state index contributed by atoms with van der Waals surface area (Å²) in [5.74, 6) is -0.142. The van der Waals surface area contributed by atoms with Crippen LogP contribution < -0.4 is 9.47 Å². The zero-order valence-electron chi connectivity index (χ0n) is 17.4. The van der Waals surface area contributed by atoms with Gasteiger partial charge in [0.05, 0.1) is 43.2 Å². The zero-order chi connectivity index (χ0) is 21.7. The fourth-order valence-corrected chi connectivity index (χ4v) is 3.20. The van der Waals surface area contributed by atoms with E-state index in [1.165, 1.54) is 20.3 Å². The smallest absolute Gasteiger partial charge is 0.340 e. The average Bonchev–Trinajstić information content (AvgIpc) is 2.77. The molecular formula is C23H23NO6. The summed E-state index contributed by atoms with van der Waals surface area (Å²) in [6.07, 6.45) is 0. The third-order valence-corrected chi connectivity index (χ3v) is 4.66. The molecule has 0 aliphatic heterocycles. The summed E-state index contributed by atoms with van der Waals surface area (Å²) in [6, 6.07) is 12.3. The number of para-hydroxylation sites is 1. The van der Waals surface area contributed by atoms with Crippen LogP contribution in [-0.2, 0) is 16.1 Å². The van der Waals surface area contributed by atoms with Crippen LogP contribution in [-0.4, -0.2) is 37.7 Å². The van der Waals surface area contributed by atoms with E-state index in [9.17, 15) is 9.59 Å². The third-order valence-electron chi connectivity index (χ3n) is 4.66. The minimum absolute atomic E-state index is 0.0216. The second-order valence-electron chi connectivity index (χ2n) is 6.44. The fraction of sp³-hybridized carbons (Fsp3) is 0.261. The summed E-state index contributed by atoms with van der Waals surface area (Å²) < 4.78 is 21.2. The number of carbonyl (C=O) groups is 2. The maximum absolute atomic E-state index is 12.6. The van der Waals surface area contributed by atoms with Gasteiger partial charge in [-0.3, -0.25) is 0 Å². The average molecular weight is 409 g/mol. The van der Waals surface area contributed by atoms with Gasteiger partial charge >= 0.3 is 11.9 Å². The molecular weight excluding hydrogens is 386 g/mol. The van der Waals surface area contributed by atoms with Gasteiger partial charge < -0.3 is 18.9 Å². The zero-order valence-corrected chi connectivity index (χ0v) is 17.4. The number of benzene rings is 2. The molecule has 0 amide bonds. The van der Waals surface area contributed by atoms with Crippen molar-refractivity contribution in [2.24, 2.45) is 0 Å². The van der Waals surface area contributed by atoms with Crippen molar-refractivity contribution < 1.29 is 28.5 Å². The number of aromatic nitrogens is 1. The first kappa shape index (κ1) is 21.1. The highest BCUT2D eigenvalue weighted by Crippen LogP contribution is 2.30. The number of hydrogen-bond donors (Lipinski definition) is 0. The third kappa shape index (κ3) is 4.20. The first-order valence-corrected chi connectivity index (χ1v) is 9.44. The Kier molecular flexibility index (Phi) is 6.51. The van der Waals surface area contributed by atoms with Gasteiger partial charge in [0, 0.05) is 5.39 Å². The first-order chi connectivity index (χ1) is 14.5. The fourth-order valence-electron chi connectivity index (χ4n) is 3.20. The Morgan fingerprint density at radius 3 is 2.47 bits per heavy atom. The molecule has 1 heterocycles. The quantitative estimate of drug-likeness (QED) is 0.543. The molecule has 0 aliphatic carbocycles. The molecule has 0 N–H and O–H groups in total. The second-order valence-corrected chi connectivity index (χ2v) is 6.44. The molecule has 3 rings (SSSR count). The molecule has 0 spiro atoms. The van der Waals surface area contributed by atoms with Crippen LogP contribution in [0.4, 0.5) is 0 Å². The summed E-state index contributed by atoms with van der Waals surface area (Å²) >= 11 is 0. The molecule has 0 fully saturated rings. The molecule has 0 aliphatic rings. The molecule has 0 saturated heterocycles. The molecule has 0 saturated carbocycles. The van der Waals surface area contributed by atoms with Crippen molar-refractivity contribution in [2.45, 2.75) is 20.5 Å². The minimum Gasteiger partial charge on any atom is -0.493 e. The van der Waals surface area contributed by atoms with Gasteiger partial charge in [0.25, 0.3) is 0 Å². The van der Waals surface area contributed by atoms with Crippen LogP contribution in [0.2, 0.25) is 0 Å². The van der Waals surface area contributed by atoms with Gasteiger partial charge in [-0.2, -0.15) is 0 Å². The van der Waals surface area contributed by atoms with E-state index < -0.39 is 11.9 Å². The van der Waals surface area contributed by atoms with E-state index in [-0.39, 0.29) is 13.2 Å². The molecule has 0 unspecified atom stereocenters. The van der Waals surface area contributed by atoms with E-state index in [0.29, 0.717) is 28.3 Å². The lowest BCUT2D eigenvalue weighted by atomic mass is 10.0. The van der Waals surface area contributed by atoms with Crippen molar-refractivity contribution in [3.63, 3.8) is 0 Å². The van der Waals surface area contributed by atoms with Gasteiger partial charge in [-0.05, 0) is 43.7 Å². The standard InChI is InChI=1S/C23H23NO6/c1-5-29-23(26)21-14(2)16-8-6-7-9-17(16)24-18(21)13-30-19-11-10-15(22(25)28-4)12-20(19)27-3/h6-12H,5,13H2,1-4H3. The Hall–Kier alpha value is -3.61. The van der Waals surface area contributed by atoms with E-state index in [1.807, 2.05) is 31.2 Å². The van der Waals surface area contributed by atoms with Crippen molar-refractivity contribution in [3.05, 3.63) is 64.8 Å². The van der Waals surface area contributed by atoms with Gasteiger partial charge in [-0.15, -0.1) is 0 Å². The van der Waals surface area contributed by atoms with E-state index in [4.69, 9.17) is 18.9 Å². The van der Waals surface area contributed by atoms with Crippen LogP contribution in [0.5, 0.6) is 11.5 Å². The van der Waals surface area contributed by atoms with Crippen LogP contribution in [0.15, 0.2) is 42.5 Å². The lowest BCUT2D eigenvalue weighted by Crippen LogP contribution is -2.14. The van der Waals surface area contributed by atoms with Gasteiger partial charge in [-0.1, -0.05) is 18.2 Å². The Labute approximate surface area is 174 Å². The number of nitrogens with zero attached hydrogens (tertiary/aromatic N) is 1. The maximum atomic E-state index is 12.6. The molecule has 7 nitrogen and oxygen atoms in total. The van der Waals surface area contributed by atoms with Crippen molar-refractivity contribution in [1.82, 2.24) is 4.98 Å². The Morgan fingerprint density at radius 2 is 1.77 bits per heavy atom. The van der Waals surface area contributed by atoms with Crippen LogP contribution in [0.1, 0.15) is 38.9 Å². The predicted molar refractivity (Wildman–Crippen MR) is 111 cm³/mol. The van der Waals surface area contributed by atoms with E-state index in [1.54, 1.807) is 19.1 Å². The van der Waals surface area contributed by atoms with Crippen LogP contribution in [0.3, 0.4) is 0 Å². The highest BCUT2D eigenvalue weighted by atomic mass is 16.5. The Morgan fingerprint density at radius 1 is 1.00 bits per heavy atom. The summed E-state index contributed by atoms with van der Waals surface area (Å²) in [5.41, 5.74) is 2.73. The highest BCUT2D eigenvalue weighted by Gasteiger charge is 2.21. The predicted octanol–water partition coefficient (Wildman–Crippen LogP) is 4.09. The number of pyridine rings is 1. The minimum atomic E-state index is -0.476. The maximum Gasteiger partial charge on any atom is 0.340 e. The summed E-state index contributed by atoms with van der Waals surface area (Å²) in [5, 5.41) is 0.879. The normalized spacial score (nSPS) is 10.5. The van der Waals surface area contributed by atoms with E-state index in [2.05, 4.69) is 4.98 Å². The molecule has 0 bridgehead atoms. The van der Waals surface area contributed by atoms with Gasteiger partial charge in [-0.25, -0.2) is 14.6 Å². The number of fused-ring (bicyclic) bond motifs is 1. The Bertz CT molecular complexity index is 1090. The molecule has 3 aromatic rings. The largest absolute Gasteiger partial charge is 0.493 e. The molecule has 0 radical (unpaired) electrons. The number of aryl methyl sites for hydroxylation is 1. The van der Waals surface area contributed by atoms with Gasteiger partial charge in [0.15, 0.2) is 11.5 Å². The molecule has 7 heteroatoms. The van der Waals surface area contributed by atoms with Crippen molar-refractivity contribution >= 4 is 22.8 Å². The molecule has 30 heavy (non-hydrogen) atoms. The second kappa shape index (κ2) is 9.26. The topological polar surface area (TPSA) is 84.0 Å². The van der Waals surface area contributed by atoms with Crippen molar-refractivity contribution in [2.75, 3.05) is 20.8 Å². The summed E-state index contributed by atoms with van der Waals surface area (Å²) in [7, 11) is 2.79. The van der Waals surface area contributed by atoms with Gasteiger partial charge in [0.2, 0.25) is 0 Å². The van der Waals surface area contributed by atoms with Crippen LogP contribution >= 0.6 is 0 Å². The summed E-state index contributed by atoms with van der Waals surface area (Å²) in [4.78, 5) is 29.0. The molecule has 2 aromatic carbocycles. The lowest BCUT2D eigenvalue weighted by molar-refractivity contribution is 0.0520. The molecule has 156 valence electrons. The summed E-state index contributed by atoms with van der Waals surface area (Å²) in [6.45, 7) is 3.90. The lowest BCUT2D eigenvalue weighted by Gasteiger charge is -2.16. The van der Waals surface area contributed by atoms with Crippen LogP contribution in [0, 0.1) is 6.92 Å². The van der Waals surface area contributed by atoms with Crippen molar-refractivity contribution in [1.29, 1.82) is 0 Å². The number of esters is 2. The monoisotopic (exact) mass is 409 g/mol. The molecule has 0 atom stereocenters. The van der Waals surface area contributed by atoms with Gasteiger partial charge in [0.1, 0.15) is 6.61 Å². The molecule has 1 aromatic heterocycles.